The van der Waals surface area contributed by atoms with E-state index in [4.69, 9.17) is 10.4 Å². The van der Waals surface area contributed by atoms with E-state index in [1.54, 1.807) is 18.3 Å². The van der Waals surface area contributed by atoms with Crippen molar-refractivity contribution >= 4 is 17.8 Å². The van der Waals surface area contributed by atoms with Gasteiger partial charge in [-0.3, -0.25) is 14.5 Å². The van der Waals surface area contributed by atoms with Crippen LogP contribution in [0, 0.1) is 11.5 Å². The number of aliphatic carboxylic acids is 1. The number of nitrogens with one attached hydrogen (secondary N) is 1. The largest absolute Gasteiger partial charge is 0.508 e. The zero-order valence-electron chi connectivity index (χ0n) is 12.3. The number of carbonyl (C=O) groups is 3. The molecule has 1 rings (SSSR count). The van der Waals surface area contributed by atoms with E-state index < -0.39 is 23.8 Å². The van der Waals surface area contributed by atoms with Gasteiger partial charge >= 0.3 is 5.97 Å². The molecule has 0 saturated carbocycles. The molecule has 0 bridgehead atoms. The van der Waals surface area contributed by atoms with Crippen molar-refractivity contribution in [1.82, 2.24) is 10.2 Å². The lowest BCUT2D eigenvalue weighted by Gasteiger charge is -2.19. The zero-order valence-corrected chi connectivity index (χ0v) is 12.3. The Morgan fingerprint density at radius 2 is 1.91 bits per heavy atom. The van der Waals surface area contributed by atoms with Gasteiger partial charge in [0, 0.05) is 25.6 Å². The number of nitrogens with zero attached hydrogens (tertiary/aromatic N) is 2. The normalized spacial score (nSPS) is 11.5. The van der Waals surface area contributed by atoms with E-state index >= 15 is 0 Å². The predicted molar refractivity (Wildman–Crippen MR) is 78.9 cm³/mol. The van der Waals surface area contributed by atoms with Crippen LogP contribution in [0.5, 0.6) is 5.75 Å². The number of hydrogen-bond acceptors (Lipinski definition) is 5. The third kappa shape index (κ3) is 5.89. The molecule has 2 amide bonds. The number of carboxylic acid groups (broad SMARTS) is 1. The summed E-state index contributed by atoms with van der Waals surface area (Å²) in [7, 11) is 1.26. The Balaban J connectivity index is 2.91. The third-order valence-corrected chi connectivity index (χ3v) is 2.85. The number of aromatic hydroxyl groups is 1. The molecule has 0 saturated heterocycles. The van der Waals surface area contributed by atoms with Crippen molar-refractivity contribution in [3.05, 3.63) is 42.0 Å². The molecule has 8 nitrogen and oxygen atoms in total. The molecule has 1 atom stereocenters. The second-order valence-corrected chi connectivity index (χ2v) is 4.60. The Kier molecular flexibility index (Phi) is 6.30. The first kappa shape index (κ1) is 17.7. The molecule has 1 aromatic carbocycles. The summed E-state index contributed by atoms with van der Waals surface area (Å²) in [6.45, 7) is 0. The van der Waals surface area contributed by atoms with Crippen molar-refractivity contribution in [2.75, 3.05) is 7.05 Å². The Morgan fingerprint density at radius 1 is 1.30 bits per heavy atom. The first-order valence-corrected chi connectivity index (χ1v) is 6.50. The molecule has 0 heterocycles. The topological polar surface area (TPSA) is 131 Å². The number of phenolic OH excluding ortho intramolecular Hbond substituents is 1. The molecule has 3 N–H and O–H groups in total. The number of phenols is 1. The Morgan fingerprint density at radius 3 is 2.43 bits per heavy atom. The number of amides is 2. The average molecular weight is 317 g/mol. The van der Waals surface area contributed by atoms with Gasteiger partial charge in [-0.2, -0.15) is 5.26 Å². The van der Waals surface area contributed by atoms with Crippen molar-refractivity contribution in [1.29, 1.82) is 5.26 Å². The van der Waals surface area contributed by atoms with Gasteiger partial charge in [-0.25, -0.2) is 4.79 Å². The van der Waals surface area contributed by atoms with Gasteiger partial charge in [0.2, 0.25) is 5.91 Å². The smallest absolute Gasteiger partial charge is 0.328 e. The van der Waals surface area contributed by atoms with Crippen molar-refractivity contribution in [3.8, 4) is 11.9 Å². The maximum Gasteiger partial charge on any atom is 0.328 e. The van der Waals surface area contributed by atoms with Gasteiger partial charge in [-0.1, -0.05) is 12.1 Å². The molecule has 0 spiro atoms. The van der Waals surface area contributed by atoms with Crippen molar-refractivity contribution < 1.29 is 24.6 Å². The van der Waals surface area contributed by atoms with Gasteiger partial charge < -0.3 is 15.5 Å². The summed E-state index contributed by atoms with van der Waals surface area (Å²) in [4.78, 5) is 34.9. The molecule has 23 heavy (non-hydrogen) atoms. The van der Waals surface area contributed by atoms with E-state index in [1.165, 1.54) is 19.2 Å². The molecule has 0 fully saturated rings. The first-order valence-electron chi connectivity index (χ1n) is 6.50. The molecule has 1 aromatic rings. The zero-order chi connectivity index (χ0) is 17.4. The fraction of sp³-hybridized carbons (Fsp3) is 0.200. The Labute approximate surface area is 132 Å². The number of hydrogen-bond donors (Lipinski definition) is 3. The lowest BCUT2D eigenvalue weighted by atomic mass is 10.0. The minimum atomic E-state index is -1.30. The van der Waals surface area contributed by atoms with Crippen LogP contribution in [0.4, 0.5) is 0 Å². The fourth-order valence-electron chi connectivity index (χ4n) is 1.72. The molecule has 0 aliphatic rings. The highest BCUT2D eigenvalue weighted by Gasteiger charge is 2.23. The predicted octanol–water partition coefficient (Wildman–Crippen LogP) is -0.000220. The van der Waals surface area contributed by atoms with Gasteiger partial charge in [0.25, 0.3) is 5.91 Å². The second-order valence-electron chi connectivity index (χ2n) is 4.60. The molecular weight excluding hydrogens is 302 g/mol. The highest BCUT2D eigenvalue weighted by Crippen LogP contribution is 2.12. The van der Waals surface area contributed by atoms with E-state index in [1.807, 2.05) is 0 Å². The lowest BCUT2D eigenvalue weighted by Crippen LogP contribution is -2.47. The van der Waals surface area contributed by atoms with E-state index in [9.17, 15) is 19.5 Å². The Hall–Kier alpha value is -3.34. The number of carbonyl (C=O) groups excluding carboxylic acids is 2. The fourth-order valence-corrected chi connectivity index (χ4v) is 1.72. The van der Waals surface area contributed by atoms with Crippen LogP contribution in [0.1, 0.15) is 5.56 Å². The molecular formula is C15H15N3O5. The van der Waals surface area contributed by atoms with Crippen LogP contribution in [0.3, 0.4) is 0 Å². The number of rotatable bonds is 6. The van der Waals surface area contributed by atoms with Crippen molar-refractivity contribution in [2.24, 2.45) is 0 Å². The monoisotopic (exact) mass is 317 g/mol. The lowest BCUT2D eigenvalue weighted by molar-refractivity contribution is -0.132. The summed E-state index contributed by atoms with van der Waals surface area (Å²) in [6.07, 6.45) is 3.15. The number of likely N-dealkylation sites (N-methyl/N-ethyl adjacent to an activating group) is 1. The number of carboxylic acids is 1. The van der Waals surface area contributed by atoms with Crippen LogP contribution in [0.15, 0.2) is 36.4 Å². The number of benzene rings is 1. The van der Waals surface area contributed by atoms with Gasteiger partial charge in [-0.05, 0) is 17.7 Å². The maximum atomic E-state index is 12.1. The highest BCUT2D eigenvalue weighted by molar-refractivity contribution is 5.96. The van der Waals surface area contributed by atoms with Crippen molar-refractivity contribution in [3.63, 3.8) is 0 Å². The van der Waals surface area contributed by atoms with E-state index in [2.05, 4.69) is 5.32 Å². The summed E-state index contributed by atoms with van der Waals surface area (Å²) in [5, 5.41) is 28.9. The van der Waals surface area contributed by atoms with Crippen LogP contribution in [0.25, 0.3) is 0 Å². The third-order valence-electron chi connectivity index (χ3n) is 2.85. The summed E-state index contributed by atoms with van der Waals surface area (Å²) in [6, 6.07) is 4.95. The minimum absolute atomic E-state index is 0.0548. The van der Waals surface area contributed by atoms with E-state index in [0.29, 0.717) is 11.6 Å². The van der Waals surface area contributed by atoms with Gasteiger partial charge in [-0.15, -0.1) is 0 Å². The van der Waals surface area contributed by atoms with E-state index in [0.717, 1.165) is 11.0 Å². The van der Waals surface area contributed by atoms with Gasteiger partial charge in [0.15, 0.2) is 6.19 Å². The van der Waals surface area contributed by atoms with Crippen LogP contribution >= 0.6 is 0 Å². The van der Waals surface area contributed by atoms with Gasteiger partial charge in [0.1, 0.15) is 11.8 Å². The SMILES string of the molecule is CN(C#N)C(=O)C(Cc1ccc(O)cc1)NC(=O)/C=C/C(=O)O. The number of nitriles is 1. The molecule has 0 aromatic heterocycles. The molecule has 120 valence electrons. The second kappa shape index (κ2) is 8.19. The molecule has 0 aliphatic carbocycles. The van der Waals surface area contributed by atoms with E-state index in [-0.39, 0.29) is 12.2 Å². The molecule has 0 aliphatic heterocycles. The summed E-state index contributed by atoms with van der Waals surface area (Å²) in [5.41, 5.74) is 0.648. The quantitative estimate of drug-likeness (QED) is 0.384. The molecule has 8 heteroatoms. The van der Waals surface area contributed by atoms with Crippen molar-refractivity contribution in [2.45, 2.75) is 12.5 Å². The van der Waals surface area contributed by atoms with Crippen LogP contribution in [-0.4, -0.2) is 46.0 Å². The Bertz CT molecular complexity index is 661. The molecule has 0 radical (unpaired) electrons. The van der Waals surface area contributed by atoms with Crippen LogP contribution in [-0.2, 0) is 20.8 Å². The van der Waals surface area contributed by atoms with Gasteiger partial charge in [0.05, 0.1) is 0 Å². The minimum Gasteiger partial charge on any atom is -0.508 e. The summed E-state index contributed by atoms with van der Waals surface area (Å²) in [5.74, 6) is -2.65. The average Bonchev–Trinajstić information content (AvgIpc) is 2.52. The molecule has 1 unspecified atom stereocenters. The van der Waals surface area contributed by atoms with Crippen LogP contribution < -0.4 is 5.32 Å². The van der Waals surface area contributed by atoms with Crippen LogP contribution in [0.2, 0.25) is 0 Å². The summed E-state index contributed by atoms with van der Waals surface area (Å²) >= 11 is 0. The standard InChI is InChI=1S/C15H15N3O5/c1-18(9-16)15(23)12(17-13(20)6-7-14(21)22)8-10-2-4-11(19)5-3-10/h2-7,12,19H,8H2,1H3,(H,17,20)(H,21,22)/b7-6+. The first-order chi connectivity index (χ1) is 10.8. The highest BCUT2D eigenvalue weighted by atomic mass is 16.4. The summed E-state index contributed by atoms with van der Waals surface area (Å²) < 4.78 is 0. The maximum absolute atomic E-state index is 12.1.